The molecule has 2 aromatic rings. The van der Waals surface area contributed by atoms with E-state index in [2.05, 4.69) is 42.8 Å². The smallest absolute Gasteiger partial charge is 0.216 e. The number of hydrogen-bond donors (Lipinski definition) is 0. The predicted octanol–water partition coefficient (Wildman–Crippen LogP) is 3.85. The summed E-state index contributed by atoms with van der Waals surface area (Å²) in [5, 5.41) is 0. The first-order valence-corrected chi connectivity index (χ1v) is 6.76. The van der Waals surface area contributed by atoms with Crippen LogP contribution in [0.15, 0.2) is 66.2 Å². The van der Waals surface area contributed by atoms with Gasteiger partial charge in [0.25, 0.3) is 0 Å². The van der Waals surface area contributed by atoms with Crippen LogP contribution in [-0.4, -0.2) is 18.5 Å². The van der Waals surface area contributed by atoms with Crippen LogP contribution >= 0.6 is 0 Å². The van der Waals surface area contributed by atoms with E-state index >= 15 is 0 Å². The van der Waals surface area contributed by atoms with Crippen molar-refractivity contribution in [1.29, 1.82) is 0 Å². The van der Waals surface area contributed by atoms with Crippen LogP contribution in [0.4, 0.5) is 0 Å². The van der Waals surface area contributed by atoms with Crippen molar-refractivity contribution in [3.63, 3.8) is 0 Å². The van der Waals surface area contributed by atoms with E-state index in [0.717, 1.165) is 16.7 Å². The van der Waals surface area contributed by atoms with Crippen LogP contribution in [0.3, 0.4) is 0 Å². The summed E-state index contributed by atoms with van der Waals surface area (Å²) in [6, 6.07) is 18.4. The van der Waals surface area contributed by atoms with Gasteiger partial charge in [-0.2, -0.15) is 0 Å². The molecular weight excluding hydrogens is 246 g/mol. The van der Waals surface area contributed by atoms with Crippen molar-refractivity contribution >= 4 is 11.5 Å². The van der Waals surface area contributed by atoms with E-state index in [0.29, 0.717) is 12.4 Å². The van der Waals surface area contributed by atoms with Gasteiger partial charge in [-0.25, -0.2) is 4.99 Å². The van der Waals surface area contributed by atoms with Crippen LogP contribution in [0.25, 0.3) is 5.57 Å². The van der Waals surface area contributed by atoms with Crippen molar-refractivity contribution in [2.24, 2.45) is 4.99 Å². The Hall–Kier alpha value is -2.35. The Morgan fingerprint density at radius 2 is 1.80 bits per heavy atom. The molecule has 0 saturated carbocycles. The van der Waals surface area contributed by atoms with Gasteiger partial charge in [-0.3, -0.25) is 0 Å². The van der Waals surface area contributed by atoms with E-state index in [-0.39, 0.29) is 6.10 Å². The van der Waals surface area contributed by atoms with Gasteiger partial charge in [0, 0.05) is 5.56 Å². The van der Waals surface area contributed by atoms with Crippen molar-refractivity contribution in [1.82, 2.24) is 0 Å². The highest BCUT2D eigenvalue weighted by Gasteiger charge is 2.24. The fraction of sp³-hybridized carbons (Fsp3) is 0.167. The van der Waals surface area contributed by atoms with Crippen molar-refractivity contribution < 1.29 is 4.74 Å². The van der Waals surface area contributed by atoms with Crippen LogP contribution < -0.4 is 0 Å². The fourth-order valence-corrected chi connectivity index (χ4v) is 2.25. The molecular formula is C18H17NO. The van der Waals surface area contributed by atoms with Crippen molar-refractivity contribution in [2.45, 2.75) is 13.0 Å². The maximum atomic E-state index is 5.95. The second-order valence-corrected chi connectivity index (χ2v) is 5.01. The van der Waals surface area contributed by atoms with Gasteiger partial charge >= 0.3 is 0 Å². The molecule has 0 N–H and O–H groups in total. The minimum absolute atomic E-state index is 0.0614. The van der Waals surface area contributed by atoms with E-state index < -0.39 is 0 Å². The first-order valence-electron chi connectivity index (χ1n) is 6.76. The second-order valence-electron chi connectivity index (χ2n) is 5.01. The number of hydrogen-bond acceptors (Lipinski definition) is 2. The van der Waals surface area contributed by atoms with E-state index in [4.69, 9.17) is 4.74 Å². The lowest BCUT2D eigenvalue weighted by molar-refractivity contribution is 0.284. The molecule has 0 radical (unpaired) electrons. The normalized spacial score (nSPS) is 17.4. The Morgan fingerprint density at radius 1 is 1.10 bits per heavy atom. The number of aryl methyl sites for hydroxylation is 1. The predicted molar refractivity (Wildman–Crippen MR) is 82.9 cm³/mol. The van der Waals surface area contributed by atoms with Crippen molar-refractivity contribution in [3.05, 3.63) is 77.9 Å². The molecule has 0 aromatic heterocycles. The summed E-state index contributed by atoms with van der Waals surface area (Å²) >= 11 is 0. The zero-order chi connectivity index (χ0) is 13.9. The molecule has 2 heteroatoms. The molecule has 100 valence electrons. The van der Waals surface area contributed by atoms with E-state index in [1.807, 2.05) is 30.3 Å². The minimum Gasteiger partial charge on any atom is -0.467 e. The Morgan fingerprint density at radius 3 is 2.50 bits per heavy atom. The standard InChI is InChI=1S/C18H17NO/c1-13-8-10-16(11-9-13)18-19-12-17(20-18)14(2)15-6-4-3-5-7-15/h3-11,17H,2,12H2,1H3. The molecule has 1 heterocycles. The molecule has 0 aliphatic carbocycles. The summed E-state index contributed by atoms with van der Waals surface area (Å²) in [4.78, 5) is 4.50. The summed E-state index contributed by atoms with van der Waals surface area (Å²) in [6.07, 6.45) is -0.0614. The van der Waals surface area contributed by atoms with E-state index in [1.165, 1.54) is 5.56 Å². The quantitative estimate of drug-likeness (QED) is 0.824. The molecule has 2 nitrogen and oxygen atoms in total. The molecule has 1 atom stereocenters. The number of nitrogens with zero attached hydrogens (tertiary/aromatic N) is 1. The van der Waals surface area contributed by atoms with Gasteiger partial charge in [0.05, 0.1) is 6.54 Å². The first-order chi connectivity index (χ1) is 9.74. The summed E-state index contributed by atoms with van der Waals surface area (Å²) in [6.45, 7) is 6.86. The molecule has 0 fully saturated rings. The monoisotopic (exact) mass is 263 g/mol. The number of rotatable bonds is 3. The van der Waals surface area contributed by atoms with Crippen LogP contribution in [-0.2, 0) is 4.74 Å². The summed E-state index contributed by atoms with van der Waals surface area (Å²) in [7, 11) is 0. The first kappa shape index (κ1) is 12.7. The van der Waals surface area contributed by atoms with Gasteiger partial charge in [-0.15, -0.1) is 0 Å². The Bertz CT molecular complexity index is 641. The van der Waals surface area contributed by atoms with E-state index in [9.17, 15) is 0 Å². The van der Waals surface area contributed by atoms with Crippen molar-refractivity contribution in [3.8, 4) is 0 Å². The SMILES string of the molecule is C=C(c1ccccc1)C1CN=C(c2ccc(C)cc2)O1. The van der Waals surface area contributed by atoms with Gasteiger partial charge in [-0.1, -0.05) is 54.6 Å². The molecule has 3 rings (SSSR count). The topological polar surface area (TPSA) is 21.6 Å². The number of aliphatic imine (C=N–C) groups is 1. The van der Waals surface area contributed by atoms with Gasteiger partial charge in [0.2, 0.25) is 5.90 Å². The second kappa shape index (κ2) is 5.33. The molecule has 0 saturated heterocycles. The van der Waals surface area contributed by atoms with Crippen LogP contribution in [0, 0.1) is 6.92 Å². The maximum absolute atomic E-state index is 5.95. The summed E-state index contributed by atoms with van der Waals surface area (Å²) in [5.74, 6) is 0.715. The Kier molecular flexibility index (Phi) is 3.38. The molecule has 0 amide bonds. The average Bonchev–Trinajstić information content (AvgIpc) is 2.98. The third-order valence-electron chi connectivity index (χ3n) is 3.49. The summed E-state index contributed by atoms with van der Waals surface area (Å²) < 4.78 is 5.95. The summed E-state index contributed by atoms with van der Waals surface area (Å²) in [5.41, 5.74) is 4.35. The molecule has 1 unspecified atom stereocenters. The average molecular weight is 263 g/mol. The lowest BCUT2D eigenvalue weighted by atomic mass is 10.0. The third-order valence-corrected chi connectivity index (χ3v) is 3.49. The third kappa shape index (κ3) is 2.50. The Labute approximate surface area is 119 Å². The maximum Gasteiger partial charge on any atom is 0.216 e. The minimum atomic E-state index is -0.0614. The fourth-order valence-electron chi connectivity index (χ4n) is 2.25. The highest BCUT2D eigenvalue weighted by Crippen LogP contribution is 2.24. The molecule has 20 heavy (non-hydrogen) atoms. The zero-order valence-corrected chi connectivity index (χ0v) is 11.5. The highest BCUT2D eigenvalue weighted by atomic mass is 16.5. The lowest BCUT2D eigenvalue weighted by Crippen LogP contribution is -2.15. The lowest BCUT2D eigenvalue weighted by Gasteiger charge is -2.14. The van der Waals surface area contributed by atoms with Gasteiger partial charge in [0.15, 0.2) is 0 Å². The molecule has 0 bridgehead atoms. The van der Waals surface area contributed by atoms with Crippen LogP contribution in [0.2, 0.25) is 0 Å². The zero-order valence-electron chi connectivity index (χ0n) is 11.5. The van der Waals surface area contributed by atoms with Crippen molar-refractivity contribution in [2.75, 3.05) is 6.54 Å². The number of ether oxygens (including phenoxy) is 1. The molecule has 0 spiro atoms. The number of benzene rings is 2. The van der Waals surface area contributed by atoms with E-state index in [1.54, 1.807) is 0 Å². The Balaban J connectivity index is 1.73. The van der Waals surface area contributed by atoms with Crippen LogP contribution in [0.1, 0.15) is 16.7 Å². The molecule has 1 aliphatic heterocycles. The van der Waals surface area contributed by atoms with Gasteiger partial charge < -0.3 is 4.74 Å². The molecule has 2 aromatic carbocycles. The van der Waals surface area contributed by atoms with Gasteiger partial charge in [0.1, 0.15) is 6.10 Å². The van der Waals surface area contributed by atoms with Gasteiger partial charge in [-0.05, 0) is 30.2 Å². The molecule has 1 aliphatic rings. The highest BCUT2D eigenvalue weighted by molar-refractivity contribution is 5.96. The largest absolute Gasteiger partial charge is 0.467 e. The van der Waals surface area contributed by atoms with Crippen LogP contribution in [0.5, 0.6) is 0 Å².